The third-order valence-corrected chi connectivity index (χ3v) is 4.90. The summed E-state index contributed by atoms with van der Waals surface area (Å²) in [4.78, 5) is 25.5. The molecule has 1 unspecified atom stereocenters. The van der Waals surface area contributed by atoms with Crippen molar-refractivity contribution in [2.45, 2.75) is 19.3 Å². The van der Waals surface area contributed by atoms with Gasteiger partial charge in [0.2, 0.25) is 0 Å². The van der Waals surface area contributed by atoms with Gasteiger partial charge in [0.15, 0.2) is 18.1 Å². The smallest absolute Gasteiger partial charge is 0.341 e. The van der Waals surface area contributed by atoms with Crippen molar-refractivity contribution in [2.75, 3.05) is 33.4 Å². The van der Waals surface area contributed by atoms with Crippen LogP contribution in [-0.4, -0.2) is 55.3 Å². The zero-order chi connectivity index (χ0) is 20.8. The van der Waals surface area contributed by atoms with Crippen LogP contribution >= 0.6 is 0 Å². The largest absolute Gasteiger partial charge is 0.497 e. The van der Waals surface area contributed by atoms with Crippen LogP contribution in [-0.2, 0) is 4.79 Å². The molecule has 2 aromatic carbocycles. The third-order valence-electron chi connectivity index (χ3n) is 4.90. The van der Waals surface area contributed by atoms with Crippen molar-refractivity contribution >= 4 is 11.9 Å². The summed E-state index contributed by atoms with van der Waals surface area (Å²) in [6, 6.07) is 12.8. The first-order chi connectivity index (χ1) is 14.0. The number of carboxylic acids is 1. The number of hydrogen-bond donors (Lipinski definition) is 1. The first-order valence-corrected chi connectivity index (χ1v) is 9.56. The van der Waals surface area contributed by atoms with Gasteiger partial charge in [-0.3, -0.25) is 4.79 Å². The Bertz CT molecular complexity index is 864. The molecule has 0 bridgehead atoms. The van der Waals surface area contributed by atoms with Crippen LogP contribution in [0.3, 0.4) is 0 Å². The van der Waals surface area contributed by atoms with Crippen LogP contribution in [0.25, 0.3) is 0 Å². The lowest BCUT2D eigenvalue weighted by molar-refractivity contribution is -0.139. The standard InChI is InChI=1S/C22H25NO6/c1-3-28-20-12-16(6-9-19(20)29-14-21(24)25)22(26)23-11-10-17(13-23)15-4-7-18(27-2)8-5-15/h4-9,12,17H,3,10-11,13-14H2,1-2H3,(H,24,25). The van der Waals surface area contributed by atoms with Crippen molar-refractivity contribution in [3.05, 3.63) is 53.6 Å². The van der Waals surface area contributed by atoms with Crippen molar-refractivity contribution in [1.82, 2.24) is 4.90 Å². The molecule has 0 saturated carbocycles. The molecule has 0 radical (unpaired) electrons. The molecular formula is C22H25NO6. The molecule has 1 saturated heterocycles. The lowest BCUT2D eigenvalue weighted by Gasteiger charge is -2.18. The number of likely N-dealkylation sites (tertiary alicyclic amines) is 1. The molecular weight excluding hydrogens is 374 g/mol. The zero-order valence-corrected chi connectivity index (χ0v) is 16.6. The topological polar surface area (TPSA) is 85.3 Å². The Hall–Kier alpha value is -3.22. The van der Waals surface area contributed by atoms with Gasteiger partial charge in [-0.2, -0.15) is 0 Å². The van der Waals surface area contributed by atoms with E-state index in [2.05, 4.69) is 0 Å². The average molecular weight is 399 g/mol. The number of amides is 1. The van der Waals surface area contributed by atoms with Gasteiger partial charge in [-0.15, -0.1) is 0 Å². The van der Waals surface area contributed by atoms with Crippen LogP contribution in [0.15, 0.2) is 42.5 Å². The summed E-state index contributed by atoms with van der Waals surface area (Å²) in [5, 5.41) is 8.80. The molecule has 1 N–H and O–H groups in total. The van der Waals surface area contributed by atoms with Crippen molar-refractivity contribution < 1.29 is 28.9 Å². The Balaban J connectivity index is 1.70. The fourth-order valence-electron chi connectivity index (χ4n) is 3.44. The number of carbonyl (C=O) groups excluding carboxylic acids is 1. The molecule has 2 aromatic rings. The van der Waals surface area contributed by atoms with E-state index in [4.69, 9.17) is 19.3 Å². The van der Waals surface area contributed by atoms with Crippen LogP contribution in [0.2, 0.25) is 0 Å². The van der Waals surface area contributed by atoms with Crippen LogP contribution < -0.4 is 14.2 Å². The predicted octanol–water partition coefficient (Wildman–Crippen LogP) is 3.19. The quantitative estimate of drug-likeness (QED) is 0.734. The van der Waals surface area contributed by atoms with Gasteiger partial charge in [-0.1, -0.05) is 12.1 Å². The Morgan fingerprint density at radius 1 is 1.10 bits per heavy atom. The third kappa shape index (κ3) is 4.99. The lowest BCUT2D eigenvalue weighted by atomic mass is 9.98. The number of hydrogen-bond acceptors (Lipinski definition) is 5. The minimum atomic E-state index is -1.07. The molecule has 1 heterocycles. The van der Waals surface area contributed by atoms with Gasteiger partial charge in [0.25, 0.3) is 5.91 Å². The highest BCUT2D eigenvalue weighted by molar-refractivity contribution is 5.95. The Kier molecular flexibility index (Phi) is 6.59. The maximum absolute atomic E-state index is 13.0. The van der Waals surface area contributed by atoms with Crippen molar-refractivity contribution in [3.8, 4) is 17.2 Å². The average Bonchev–Trinajstić information content (AvgIpc) is 3.22. The Morgan fingerprint density at radius 2 is 1.86 bits per heavy atom. The number of carboxylic acid groups (broad SMARTS) is 1. The van der Waals surface area contributed by atoms with Crippen LogP contribution in [0.5, 0.6) is 17.2 Å². The maximum atomic E-state index is 13.0. The summed E-state index contributed by atoms with van der Waals surface area (Å²) >= 11 is 0. The highest BCUT2D eigenvalue weighted by Crippen LogP contribution is 2.32. The van der Waals surface area contributed by atoms with E-state index in [9.17, 15) is 9.59 Å². The molecule has 0 aliphatic carbocycles. The molecule has 1 aliphatic rings. The Labute approximate surface area is 169 Å². The number of carbonyl (C=O) groups is 2. The number of ether oxygens (including phenoxy) is 3. The summed E-state index contributed by atoms with van der Waals surface area (Å²) in [5.74, 6) is 0.623. The molecule has 29 heavy (non-hydrogen) atoms. The van der Waals surface area contributed by atoms with Gasteiger partial charge >= 0.3 is 5.97 Å². The van der Waals surface area contributed by atoms with Gasteiger partial charge < -0.3 is 24.2 Å². The highest BCUT2D eigenvalue weighted by atomic mass is 16.5. The summed E-state index contributed by atoms with van der Waals surface area (Å²) in [6.07, 6.45) is 0.899. The van der Waals surface area contributed by atoms with E-state index in [0.717, 1.165) is 12.2 Å². The van der Waals surface area contributed by atoms with E-state index in [1.807, 2.05) is 36.1 Å². The summed E-state index contributed by atoms with van der Waals surface area (Å²) < 4.78 is 16.0. The second-order valence-electron chi connectivity index (χ2n) is 6.79. The molecule has 1 atom stereocenters. The minimum absolute atomic E-state index is 0.0771. The van der Waals surface area contributed by atoms with Gasteiger partial charge in [0, 0.05) is 24.6 Å². The molecule has 1 amide bonds. The van der Waals surface area contributed by atoms with E-state index in [-0.39, 0.29) is 11.8 Å². The zero-order valence-electron chi connectivity index (χ0n) is 16.6. The number of benzene rings is 2. The summed E-state index contributed by atoms with van der Waals surface area (Å²) in [6.45, 7) is 3.05. The van der Waals surface area contributed by atoms with Gasteiger partial charge in [0.05, 0.1) is 13.7 Å². The normalized spacial score (nSPS) is 15.8. The molecule has 7 nitrogen and oxygen atoms in total. The van der Waals surface area contributed by atoms with Crippen LogP contribution in [0.4, 0.5) is 0 Å². The van der Waals surface area contributed by atoms with E-state index >= 15 is 0 Å². The SMILES string of the molecule is CCOc1cc(C(=O)N2CCC(c3ccc(OC)cc3)C2)ccc1OCC(=O)O. The number of rotatable bonds is 8. The van der Waals surface area contributed by atoms with Crippen molar-refractivity contribution in [3.63, 3.8) is 0 Å². The molecule has 3 rings (SSSR count). The second-order valence-corrected chi connectivity index (χ2v) is 6.79. The molecule has 1 fully saturated rings. The van der Waals surface area contributed by atoms with Gasteiger partial charge in [0.1, 0.15) is 5.75 Å². The van der Waals surface area contributed by atoms with Crippen LogP contribution in [0, 0.1) is 0 Å². The molecule has 0 aromatic heterocycles. The fraction of sp³-hybridized carbons (Fsp3) is 0.364. The first-order valence-electron chi connectivity index (χ1n) is 9.56. The maximum Gasteiger partial charge on any atom is 0.341 e. The van der Waals surface area contributed by atoms with Crippen LogP contribution in [0.1, 0.15) is 35.2 Å². The molecule has 1 aliphatic heterocycles. The number of aliphatic carboxylic acids is 1. The molecule has 0 spiro atoms. The second kappa shape index (κ2) is 9.32. The van der Waals surface area contributed by atoms with Crippen molar-refractivity contribution in [2.24, 2.45) is 0 Å². The monoisotopic (exact) mass is 399 g/mol. The summed E-state index contributed by atoms with van der Waals surface area (Å²) in [7, 11) is 1.64. The minimum Gasteiger partial charge on any atom is -0.497 e. The lowest BCUT2D eigenvalue weighted by Crippen LogP contribution is -2.28. The van der Waals surface area contributed by atoms with Crippen molar-refractivity contribution in [1.29, 1.82) is 0 Å². The Morgan fingerprint density at radius 3 is 2.52 bits per heavy atom. The highest BCUT2D eigenvalue weighted by Gasteiger charge is 2.28. The predicted molar refractivity (Wildman–Crippen MR) is 107 cm³/mol. The van der Waals surface area contributed by atoms with Gasteiger partial charge in [-0.05, 0) is 49.2 Å². The molecule has 154 valence electrons. The summed E-state index contributed by atoms with van der Waals surface area (Å²) in [5.41, 5.74) is 1.68. The fourth-order valence-corrected chi connectivity index (χ4v) is 3.44. The number of methoxy groups -OCH3 is 1. The van der Waals surface area contributed by atoms with E-state index < -0.39 is 12.6 Å². The van der Waals surface area contributed by atoms with Gasteiger partial charge in [-0.25, -0.2) is 4.79 Å². The number of nitrogens with zero attached hydrogens (tertiary/aromatic N) is 1. The first kappa shape index (κ1) is 20.5. The van der Waals surface area contributed by atoms with E-state index in [1.165, 1.54) is 5.56 Å². The molecule has 7 heteroatoms. The van der Waals surface area contributed by atoms with E-state index in [0.29, 0.717) is 36.8 Å². The van der Waals surface area contributed by atoms with E-state index in [1.54, 1.807) is 25.3 Å².